The number of nitrogen functional groups attached to an aromatic ring is 1. The summed E-state index contributed by atoms with van der Waals surface area (Å²) < 4.78 is 5.20. The average molecular weight is 291 g/mol. The SMILES string of the molecule is CCCCOC(=O)CN1CCN(c2ccccc2N)CC1. The molecule has 1 aromatic rings. The molecule has 1 saturated heterocycles. The van der Waals surface area contributed by atoms with Crippen molar-refractivity contribution in [2.24, 2.45) is 0 Å². The fourth-order valence-corrected chi connectivity index (χ4v) is 2.48. The van der Waals surface area contributed by atoms with E-state index in [2.05, 4.69) is 16.7 Å². The monoisotopic (exact) mass is 291 g/mol. The van der Waals surface area contributed by atoms with Gasteiger partial charge in [-0.3, -0.25) is 9.69 Å². The molecule has 0 aromatic heterocycles. The zero-order valence-corrected chi connectivity index (χ0v) is 12.8. The molecule has 5 heteroatoms. The molecule has 21 heavy (non-hydrogen) atoms. The van der Waals surface area contributed by atoms with Crippen LogP contribution in [0, 0.1) is 0 Å². The highest BCUT2D eigenvalue weighted by atomic mass is 16.5. The quantitative estimate of drug-likeness (QED) is 0.491. The first-order valence-electron chi connectivity index (χ1n) is 7.68. The number of esters is 1. The molecule has 1 aliphatic heterocycles. The number of hydrogen-bond acceptors (Lipinski definition) is 5. The summed E-state index contributed by atoms with van der Waals surface area (Å²) in [6, 6.07) is 7.92. The van der Waals surface area contributed by atoms with E-state index in [1.165, 1.54) is 0 Å². The smallest absolute Gasteiger partial charge is 0.320 e. The molecule has 116 valence electrons. The second kappa shape index (κ2) is 7.88. The van der Waals surface area contributed by atoms with Crippen LogP contribution in [-0.4, -0.2) is 50.2 Å². The van der Waals surface area contributed by atoms with Crippen LogP contribution in [-0.2, 0) is 9.53 Å². The maximum absolute atomic E-state index is 11.7. The molecule has 1 fully saturated rings. The summed E-state index contributed by atoms with van der Waals surface area (Å²) in [4.78, 5) is 16.1. The Morgan fingerprint density at radius 3 is 2.62 bits per heavy atom. The molecule has 0 aliphatic carbocycles. The molecule has 0 unspecified atom stereocenters. The van der Waals surface area contributed by atoms with Crippen LogP contribution in [0.15, 0.2) is 24.3 Å². The van der Waals surface area contributed by atoms with Crippen LogP contribution in [0.25, 0.3) is 0 Å². The van der Waals surface area contributed by atoms with E-state index in [1.807, 2.05) is 24.3 Å². The van der Waals surface area contributed by atoms with Crippen molar-refractivity contribution >= 4 is 17.3 Å². The molecular formula is C16H25N3O2. The van der Waals surface area contributed by atoms with Crippen LogP contribution >= 0.6 is 0 Å². The number of para-hydroxylation sites is 2. The maximum Gasteiger partial charge on any atom is 0.320 e. The van der Waals surface area contributed by atoms with Crippen molar-refractivity contribution in [2.45, 2.75) is 19.8 Å². The molecule has 0 bridgehead atoms. The van der Waals surface area contributed by atoms with E-state index < -0.39 is 0 Å². The van der Waals surface area contributed by atoms with Gasteiger partial charge in [0.15, 0.2) is 0 Å². The molecule has 0 atom stereocenters. The molecule has 1 aromatic carbocycles. The van der Waals surface area contributed by atoms with Crippen LogP contribution < -0.4 is 10.6 Å². The van der Waals surface area contributed by atoms with E-state index in [1.54, 1.807) is 0 Å². The van der Waals surface area contributed by atoms with Gasteiger partial charge < -0.3 is 15.4 Å². The largest absolute Gasteiger partial charge is 0.465 e. The number of hydrogen-bond donors (Lipinski definition) is 1. The minimum atomic E-state index is -0.115. The maximum atomic E-state index is 11.7. The third kappa shape index (κ3) is 4.63. The highest BCUT2D eigenvalue weighted by Crippen LogP contribution is 2.23. The van der Waals surface area contributed by atoms with Gasteiger partial charge in [-0.1, -0.05) is 25.5 Å². The molecule has 0 spiro atoms. The lowest BCUT2D eigenvalue weighted by Crippen LogP contribution is -2.48. The first-order chi connectivity index (χ1) is 10.2. The Morgan fingerprint density at radius 2 is 1.95 bits per heavy atom. The van der Waals surface area contributed by atoms with Crippen LogP contribution in [0.4, 0.5) is 11.4 Å². The molecule has 1 aliphatic rings. The summed E-state index contributed by atoms with van der Waals surface area (Å²) in [6.07, 6.45) is 1.98. The van der Waals surface area contributed by atoms with Crippen molar-refractivity contribution in [3.63, 3.8) is 0 Å². The van der Waals surface area contributed by atoms with E-state index >= 15 is 0 Å². The molecule has 5 nitrogen and oxygen atoms in total. The Hall–Kier alpha value is -1.75. The lowest BCUT2D eigenvalue weighted by atomic mass is 10.2. The van der Waals surface area contributed by atoms with E-state index in [9.17, 15) is 4.79 Å². The van der Waals surface area contributed by atoms with Crippen molar-refractivity contribution < 1.29 is 9.53 Å². The average Bonchev–Trinajstić information content (AvgIpc) is 2.49. The highest BCUT2D eigenvalue weighted by molar-refractivity contribution is 5.72. The number of rotatable bonds is 6. The van der Waals surface area contributed by atoms with Gasteiger partial charge in [0.05, 0.1) is 24.5 Å². The molecule has 2 rings (SSSR count). The van der Waals surface area contributed by atoms with Gasteiger partial charge in [0, 0.05) is 26.2 Å². The van der Waals surface area contributed by atoms with Crippen molar-refractivity contribution in [1.29, 1.82) is 0 Å². The number of unbranched alkanes of at least 4 members (excludes halogenated alkanes) is 1. The van der Waals surface area contributed by atoms with E-state index in [-0.39, 0.29) is 5.97 Å². The second-order valence-corrected chi connectivity index (χ2v) is 5.40. The summed E-state index contributed by atoms with van der Waals surface area (Å²) >= 11 is 0. The van der Waals surface area contributed by atoms with Crippen LogP contribution in [0.2, 0.25) is 0 Å². The topological polar surface area (TPSA) is 58.8 Å². The second-order valence-electron chi connectivity index (χ2n) is 5.40. The Morgan fingerprint density at radius 1 is 1.24 bits per heavy atom. The van der Waals surface area contributed by atoms with Crippen LogP contribution in [0.1, 0.15) is 19.8 Å². The fraction of sp³-hybridized carbons (Fsp3) is 0.562. The number of ether oxygens (including phenoxy) is 1. The Balaban J connectivity index is 1.76. The molecule has 0 amide bonds. The fourth-order valence-electron chi connectivity index (χ4n) is 2.48. The van der Waals surface area contributed by atoms with Crippen LogP contribution in [0.5, 0.6) is 0 Å². The van der Waals surface area contributed by atoms with Gasteiger partial charge in [0.25, 0.3) is 0 Å². The van der Waals surface area contributed by atoms with Gasteiger partial charge in [-0.05, 0) is 18.6 Å². The van der Waals surface area contributed by atoms with Crippen molar-refractivity contribution in [3.8, 4) is 0 Å². The highest BCUT2D eigenvalue weighted by Gasteiger charge is 2.20. The lowest BCUT2D eigenvalue weighted by Gasteiger charge is -2.36. The van der Waals surface area contributed by atoms with Crippen LogP contribution in [0.3, 0.4) is 0 Å². The number of carbonyl (C=O) groups is 1. The first-order valence-corrected chi connectivity index (χ1v) is 7.68. The lowest BCUT2D eigenvalue weighted by molar-refractivity contribution is -0.145. The molecule has 0 radical (unpaired) electrons. The normalized spacial score (nSPS) is 16.0. The third-order valence-corrected chi connectivity index (χ3v) is 3.76. The minimum absolute atomic E-state index is 0.115. The molecule has 1 heterocycles. The summed E-state index contributed by atoms with van der Waals surface area (Å²) in [5, 5.41) is 0. The van der Waals surface area contributed by atoms with Gasteiger partial charge in [-0.15, -0.1) is 0 Å². The third-order valence-electron chi connectivity index (χ3n) is 3.76. The number of piperazine rings is 1. The number of benzene rings is 1. The van der Waals surface area contributed by atoms with E-state index in [0.29, 0.717) is 13.2 Å². The molecule has 0 saturated carbocycles. The van der Waals surface area contributed by atoms with Crippen molar-refractivity contribution in [1.82, 2.24) is 4.90 Å². The zero-order valence-electron chi connectivity index (χ0n) is 12.8. The standard InChI is InChI=1S/C16H25N3O2/c1-2-3-12-21-16(20)13-18-8-10-19(11-9-18)15-7-5-4-6-14(15)17/h4-7H,2-3,8-13,17H2,1H3. The Kier molecular flexibility index (Phi) is 5.87. The number of nitrogens with two attached hydrogens (primary N) is 1. The summed E-state index contributed by atoms with van der Waals surface area (Å²) in [7, 11) is 0. The van der Waals surface area contributed by atoms with Gasteiger partial charge in [-0.25, -0.2) is 0 Å². The first kappa shape index (κ1) is 15.6. The number of carbonyl (C=O) groups excluding carboxylic acids is 1. The summed E-state index contributed by atoms with van der Waals surface area (Å²) in [5.41, 5.74) is 7.90. The Bertz CT molecular complexity index is 457. The predicted molar refractivity (Wildman–Crippen MR) is 85.4 cm³/mol. The molecular weight excluding hydrogens is 266 g/mol. The summed E-state index contributed by atoms with van der Waals surface area (Å²) in [6.45, 7) is 6.50. The van der Waals surface area contributed by atoms with Gasteiger partial charge in [0.1, 0.15) is 0 Å². The number of anilines is 2. The van der Waals surface area contributed by atoms with Gasteiger partial charge in [-0.2, -0.15) is 0 Å². The zero-order chi connectivity index (χ0) is 15.1. The minimum Gasteiger partial charge on any atom is -0.465 e. The number of nitrogens with zero attached hydrogens (tertiary/aromatic N) is 2. The van der Waals surface area contributed by atoms with Gasteiger partial charge in [0.2, 0.25) is 0 Å². The summed E-state index contributed by atoms with van der Waals surface area (Å²) in [5.74, 6) is -0.115. The van der Waals surface area contributed by atoms with Gasteiger partial charge >= 0.3 is 5.97 Å². The molecule has 2 N–H and O–H groups in total. The van der Waals surface area contributed by atoms with Crippen molar-refractivity contribution in [3.05, 3.63) is 24.3 Å². The Labute approximate surface area is 126 Å². The predicted octanol–water partition coefficient (Wildman–Crippen LogP) is 1.73. The van der Waals surface area contributed by atoms with E-state index in [4.69, 9.17) is 10.5 Å². The van der Waals surface area contributed by atoms with E-state index in [0.717, 1.165) is 50.4 Å². The van der Waals surface area contributed by atoms with Crippen molar-refractivity contribution in [2.75, 3.05) is 50.0 Å².